The molecule has 0 aromatic heterocycles. The second-order valence-corrected chi connectivity index (χ2v) is 5.02. The third-order valence-corrected chi connectivity index (χ3v) is 2.87. The maximum atomic E-state index is 5.85. The van der Waals surface area contributed by atoms with Gasteiger partial charge in [0.2, 0.25) is 0 Å². The number of hydrogen-bond donors (Lipinski definition) is 1. The Morgan fingerprint density at radius 1 is 1.50 bits per heavy atom. The van der Waals surface area contributed by atoms with Crippen LogP contribution in [0.25, 0.3) is 0 Å². The fourth-order valence-electron chi connectivity index (χ4n) is 1.81. The van der Waals surface area contributed by atoms with Crippen molar-refractivity contribution >= 4 is 11.6 Å². The summed E-state index contributed by atoms with van der Waals surface area (Å²) < 4.78 is 5.70. The van der Waals surface area contributed by atoms with E-state index in [1.165, 1.54) is 12.8 Å². The molecule has 0 bridgehead atoms. The minimum atomic E-state index is 0.305. The number of nitrogens with one attached hydrogen (secondary N) is 1. The van der Waals surface area contributed by atoms with Gasteiger partial charge in [0, 0.05) is 11.9 Å². The van der Waals surface area contributed by atoms with Gasteiger partial charge in [-0.25, -0.2) is 0 Å². The Hall–Kier alpha value is 0.210. The fraction of sp³-hybridized carbons (Fsp3) is 1.00. The largest absolute Gasteiger partial charge is 0.374 e. The van der Waals surface area contributed by atoms with Crippen LogP contribution in [-0.2, 0) is 4.74 Å². The summed E-state index contributed by atoms with van der Waals surface area (Å²) in [6, 6.07) is 0. The van der Waals surface area contributed by atoms with Gasteiger partial charge < -0.3 is 10.1 Å². The first-order chi connectivity index (χ1) is 6.68. The molecular formula is C11H22ClNO. The van der Waals surface area contributed by atoms with Crippen LogP contribution < -0.4 is 5.32 Å². The fourth-order valence-corrected chi connectivity index (χ4v) is 1.96. The molecule has 0 aliphatic carbocycles. The molecule has 3 heteroatoms. The Morgan fingerprint density at radius 3 is 2.86 bits per heavy atom. The summed E-state index contributed by atoms with van der Waals surface area (Å²) in [4.78, 5) is 0. The number of hydrogen-bond acceptors (Lipinski definition) is 2. The van der Waals surface area contributed by atoms with E-state index in [0.717, 1.165) is 25.9 Å². The molecule has 1 N–H and O–H groups in total. The lowest BCUT2D eigenvalue weighted by atomic mass is 10.2. The van der Waals surface area contributed by atoms with Gasteiger partial charge in [-0.3, -0.25) is 0 Å². The third-order valence-electron chi connectivity index (χ3n) is 2.65. The van der Waals surface area contributed by atoms with E-state index in [0.29, 0.717) is 17.6 Å². The van der Waals surface area contributed by atoms with Crippen LogP contribution in [0, 0.1) is 0 Å². The lowest BCUT2D eigenvalue weighted by Crippen LogP contribution is -2.27. The lowest BCUT2D eigenvalue weighted by molar-refractivity contribution is 0.0561. The van der Waals surface area contributed by atoms with E-state index in [2.05, 4.69) is 12.2 Å². The summed E-state index contributed by atoms with van der Waals surface area (Å²) in [5.74, 6) is 0. The van der Waals surface area contributed by atoms with Gasteiger partial charge >= 0.3 is 0 Å². The molecule has 2 nitrogen and oxygen atoms in total. The van der Waals surface area contributed by atoms with E-state index in [1.807, 2.05) is 6.92 Å². The first kappa shape index (κ1) is 12.3. The van der Waals surface area contributed by atoms with E-state index >= 15 is 0 Å². The van der Waals surface area contributed by atoms with Crippen LogP contribution in [0.4, 0.5) is 0 Å². The molecule has 1 fully saturated rings. The maximum absolute atomic E-state index is 5.85. The van der Waals surface area contributed by atoms with Crippen molar-refractivity contribution in [3.63, 3.8) is 0 Å². The Balaban J connectivity index is 1.89. The van der Waals surface area contributed by atoms with Gasteiger partial charge in [-0.1, -0.05) is 0 Å². The van der Waals surface area contributed by atoms with Crippen molar-refractivity contribution in [3.05, 3.63) is 0 Å². The Bertz CT molecular complexity index is 152. The second-order valence-electron chi connectivity index (χ2n) is 4.27. The number of alkyl halides is 1. The van der Waals surface area contributed by atoms with Gasteiger partial charge in [0.15, 0.2) is 0 Å². The number of halogens is 1. The molecule has 0 amide bonds. The minimum Gasteiger partial charge on any atom is -0.374 e. The number of ether oxygens (including phenoxy) is 1. The second kappa shape index (κ2) is 6.65. The summed E-state index contributed by atoms with van der Waals surface area (Å²) in [5, 5.41) is 3.72. The van der Waals surface area contributed by atoms with Crippen LogP contribution in [0.5, 0.6) is 0 Å². The smallest absolute Gasteiger partial charge is 0.0704 e. The van der Waals surface area contributed by atoms with E-state index in [9.17, 15) is 0 Å². The van der Waals surface area contributed by atoms with Crippen molar-refractivity contribution in [2.75, 3.05) is 13.1 Å². The lowest BCUT2D eigenvalue weighted by Gasteiger charge is -2.12. The monoisotopic (exact) mass is 219 g/mol. The molecule has 1 aliphatic rings. The molecule has 84 valence electrons. The summed E-state index contributed by atoms with van der Waals surface area (Å²) in [7, 11) is 0. The molecule has 0 aromatic carbocycles. The van der Waals surface area contributed by atoms with Crippen LogP contribution in [0.15, 0.2) is 0 Å². The predicted octanol–water partition coefficient (Wildman–Crippen LogP) is 2.55. The van der Waals surface area contributed by atoms with Crippen LogP contribution in [0.1, 0.15) is 39.5 Å². The summed E-state index contributed by atoms with van der Waals surface area (Å²) in [5.41, 5.74) is 0. The van der Waals surface area contributed by atoms with Crippen molar-refractivity contribution in [2.24, 2.45) is 0 Å². The summed E-state index contributed by atoms with van der Waals surface area (Å²) in [6.45, 7) is 6.25. The minimum absolute atomic E-state index is 0.305. The van der Waals surface area contributed by atoms with E-state index < -0.39 is 0 Å². The highest BCUT2D eigenvalue weighted by Gasteiger charge is 2.20. The highest BCUT2D eigenvalue weighted by atomic mass is 35.5. The van der Waals surface area contributed by atoms with Crippen LogP contribution >= 0.6 is 11.6 Å². The molecule has 0 radical (unpaired) electrons. The average Bonchev–Trinajstić information content (AvgIpc) is 2.50. The molecule has 1 heterocycles. The maximum Gasteiger partial charge on any atom is 0.0704 e. The van der Waals surface area contributed by atoms with Gasteiger partial charge in [0.1, 0.15) is 0 Å². The summed E-state index contributed by atoms with van der Waals surface area (Å²) in [6.07, 6.45) is 5.58. The molecule has 1 saturated heterocycles. The van der Waals surface area contributed by atoms with Crippen LogP contribution in [0.3, 0.4) is 0 Å². The molecule has 3 unspecified atom stereocenters. The number of rotatable bonds is 6. The van der Waals surface area contributed by atoms with E-state index in [-0.39, 0.29) is 0 Å². The Morgan fingerprint density at radius 2 is 2.29 bits per heavy atom. The van der Waals surface area contributed by atoms with Crippen molar-refractivity contribution < 1.29 is 4.74 Å². The van der Waals surface area contributed by atoms with E-state index in [4.69, 9.17) is 16.3 Å². The van der Waals surface area contributed by atoms with Gasteiger partial charge in [0.05, 0.1) is 12.2 Å². The zero-order valence-corrected chi connectivity index (χ0v) is 10.0. The van der Waals surface area contributed by atoms with Gasteiger partial charge in [0.25, 0.3) is 0 Å². The normalized spacial score (nSPS) is 29.4. The molecule has 1 rings (SSSR count). The SMILES string of the molecule is CC(Cl)CCCNCC1CCC(C)O1. The van der Waals surface area contributed by atoms with E-state index in [1.54, 1.807) is 0 Å². The predicted molar refractivity (Wildman–Crippen MR) is 61.0 cm³/mol. The molecule has 3 atom stereocenters. The molecule has 0 aromatic rings. The standard InChI is InChI=1S/C11H22ClNO/c1-9(12)4-3-7-13-8-11-6-5-10(2)14-11/h9-11,13H,3-8H2,1-2H3. The highest BCUT2D eigenvalue weighted by Crippen LogP contribution is 2.18. The third kappa shape index (κ3) is 5.18. The molecule has 1 aliphatic heterocycles. The van der Waals surface area contributed by atoms with Gasteiger partial charge in [-0.15, -0.1) is 11.6 Å². The molecule has 0 spiro atoms. The van der Waals surface area contributed by atoms with Crippen molar-refractivity contribution in [2.45, 2.75) is 57.1 Å². The van der Waals surface area contributed by atoms with Gasteiger partial charge in [-0.05, 0) is 46.1 Å². The average molecular weight is 220 g/mol. The van der Waals surface area contributed by atoms with Crippen LogP contribution in [0.2, 0.25) is 0 Å². The first-order valence-corrected chi connectivity index (χ1v) is 6.12. The molecule has 14 heavy (non-hydrogen) atoms. The van der Waals surface area contributed by atoms with Crippen LogP contribution in [-0.4, -0.2) is 30.7 Å². The summed E-state index contributed by atoms with van der Waals surface area (Å²) >= 11 is 5.85. The molecular weight excluding hydrogens is 198 g/mol. The molecule has 0 saturated carbocycles. The Labute approximate surface area is 92.3 Å². The zero-order chi connectivity index (χ0) is 10.4. The topological polar surface area (TPSA) is 21.3 Å². The highest BCUT2D eigenvalue weighted by molar-refractivity contribution is 6.20. The van der Waals surface area contributed by atoms with Crippen molar-refractivity contribution in [1.82, 2.24) is 5.32 Å². The van der Waals surface area contributed by atoms with Gasteiger partial charge in [-0.2, -0.15) is 0 Å². The zero-order valence-electron chi connectivity index (χ0n) is 9.26. The first-order valence-electron chi connectivity index (χ1n) is 5.68. The van der Waals surface area contributed by atoms with Crippen molar-refractivity contribution in [3.8, 4) is 0 Å². The Kier molecular flexibility index (Phi) is 5.83. The quantitative estimate of drug-likeness (QED) is 0.548. The van der Waals surface area contributed by atoms with Crippen molar-refractivity contribution in [1.29, 1.82) is 0 Å².